The molecule has 0 aliphatic carbocycles. The fourth-order valence-electron chi connectivity index (χ4n) is 1.33. The lowest BCUT2D eigenvalue weighted by Crippen LogP contribution is -1.86. The van der Waals surface area contributed by atoms with E-state index in [2.05, 4.69) is 17.6 Å². The summed E-state index contributed by atoms with van der Waals surface area (Å²) in [6.45, 7) is 0. The molecule has 15 heavy (non-hydrogen) atoms. The Morgan fingerprint density at radius 1 is 1.00 bits per heavy atom. The van der Waals surface area contributed by atoms with Crippen molar-refractivity contribution >= 4 is 12.6 Å². The molecule has 2 aromatic rings. The van der Waals surface area contributed by atoms with Crippen LogP contribution in [0, 0.1) is 0 Å². The number of ether oxygens (including phenoxy) is 1. The van der Waals surface area contributed by atoms with Crippen LogP contribution in [0.5, 0.6) is 5.88 Å². The predicted octanol–water partition coefficient (Wildman–Crippen LogP) is 3.05. The fourth-order valence-corrected chi connectivity index (χ4v) is 1.47. The van der Waals surface area contributed by atoms with Gasteiger partial charge in [0.2, 0.25) is 5.88 Å². The lowest BCUT2D eigenvalue weighted by Gasteiger charge is -2.02. The van der Waals surface area contributed by atoms with Crippen LogP contribution in [0.2, 0.25) is 0 Å². The number of thiol groups is 1. The third-order valence-corrected chi connectivity index (χ3v) is 2.44. The molecule has 0 saturated heterocycles. The lowest BCUT2D eigenvalue weighted by molar-refractivity contribution is 0.398. The summed E-state index contributed by atoms with van der Waals surface area (Å²) >= 11 is 4.24. The summed E-state index contributed by atoms with van der Waals surface area (Å²) in [7, 11) is 1.61. The van der Waals surface area contributed by atoms with Crippen molar-refractivity contribution in [1.29, 1.82) is 0 Å². The summed E-state index contributed by atoms with van der Waals surface area (Å²) < 4.78 is 5.00. The molecule has 0 amide bonds. The Morgan fingerprint density at radius 3 is 2.20 bits per heavy atom. The topological polar surface area (TPSA) is 22.1 Å². The lowest BCUT2D eigenvalue weighted by atomic mass is 10.1. The van der Waals surface area contributed by atoms with Crippen molar-refractivity contribution in [2.45, 2.75) is 4.90 Å². The van der Waals surface area contributed by atoms with Crippen LogP contribution in [0.3, 0.4) is 0 Å². The fraction of sp³-hybridized carbons (Fsp3) is 0.0833. The van der Waals surface area contributed by atoms with Gasteiger partial charge in [-0.1, -0.05) is 12.1 Å². The number of aromatic nitrogens is 1. The number of rotatable bonds is 2. The van der Waals surface area contributed by atoms with Gasteiger partial charge in [0.1, 0.15) is 0 Å². The van der Waals surface area contributed by atoms with Crippen LogP contribution in [-0.2, 0) is 0 Å². The molecule has 2 rings (SSSR count). The second-order valence-corrected chi connectivity index (χ2v) is 3.65. The molecular weight excluding hydrogens is 206 g/mol. The second kappa shape index (κ2) is 4.36. The quantitative estimate of drug-likeness (QED) is 0.781. The van der Waals surface area contributed by atoms with Crippen molar-refractivity contribution in [3.8, 4) is 17.0 Å². The smallest absolute Gasteiger partial charge is 0.212 e. The average Bonchev–Trinajstić information content (AvgIpc) is 2.30. The van der Waals surface area contributed by atoms with Gasteiger partial charge < -0.3 is 4.74 Å². The van der Waals surface area contributed by atoms with Crippen LogP contribution in [0.25, 0.3) is 11.1 Å². The van der Waals surface area contributed by atoms with E-state index >= 15 is 0 Å². The maximum Gasteiger partial charge on any atom is 0.212 e. The Labute approximate surface area is 94.3 Å². The van der Waals surface area contributed by atoms with E-state index < -0.39 is 0 Å². The Bertz CT molecular complexity index is 436. The molecule has 0 N–H and O–H groups in total. The molecule has 0 saturated carbocycles. The molecular formula is C12H11NOS. The predicted molar refractivity (Wildman–Crippen MR) is 63.5 cm³/mol. The molecule has 3 heteroatoms. The molecule has 0 atom stereocenters. The highest BCUT2D eigenvalue weighted by Gasteiger charge is 1.98. The van der Waals surface area contributed by atoms with E-state index in [-0.39, 0.29) is 0 Å². The van der Waals surface area contributed by atoms with Gasteiger partial charge in [-0.05, 0) is 23.8 Å². The van der Waals surface area contributed by atoms with Crippen molar-refractivity contribution in [1.82, 2.24) is 4.98 Å². The van der Waals surface area contributed by atoms with Crippen LogP contribution in [0.1, 0.15) is 0 Å². The van der Waals surface area contributed by atoms with Gasteiger partial charge in [-0.3, -0.25) is 0 Å². The Hall–Kier alpha value is -1.48. The first-order valence-electron chi connectivity index (χ1n) is 4.59. The Balaban J connectivity index is 2.33. The summed E-state index contributed by atoms with van der Waals surface area (Å²) in [6, 6.07) is 11.8. The van der Waals surface area contributed by atoms with Crippen molar-refractivity contribution in [2.24, 2.45) is 0 Å². The van der Waals surface area contributed by atoms with Gasteiger partial charge >= 0.3 is 0 Å². The number of hydrogen-bond acceptors (Lipinski definition) is 3. The van der Waals surface area contributed by atoms with Crippen molar-refractivity contribution in [2.75, 3.05) is 7.11 Å². The third-order valence-electron chi connectivity index (χ3n) is 2.15. The molecule has 0 spiro atoms. The van der Waals surface area contributed by atoms with E-state index in [1.165, 1.54) is 0 Å². The molecule has 0 radical (unpaired) electrons. The molecule has 2 nitrogen and oxygen atoms in total. The number of pyridine rings is 1. The maximum absolute atomic E-state index is 5.00. The van der Waals surface area contributed by atoms with E-state index in [1.807, 2.05) is 36.4 Å². The van der Waals surface area contributed by atoms with Crippen LogP contribution in [-0.4, -0.2) is 12.1 Å². The van der Waals surface area contributed by atoms with E-state index in [9.17, 15) is 0 Å². The summed E-state index contributed by atoms with van der Waals surface area (Å²) in [5.41, 5.74) is 2.20. The minimum Gasteiger partial charge on any atom is -0.481 e. The Morgan fingerprint density at radius 2 is 1.67 bits per heavy atom. The van der Waals surface area contributed by atoms with Crippen molar-refractivity contribution in [3.05, 3.63) is 42.6 Å². The molecule has 0 bridgehead atoms. The summed E-state index contributed by atoms with van der Waals surface area (Å²) in [4.78, 5) is 5.11. The second-order valence-electron chi connectivity index (χ2n) is 3.14. The number of nitrogens with zero attached hydrogens (tertiary/aromatic N) is 1. The standard InChI is InChI=1S/C12H11NOS/c1-14-12-7-4-10(8-13-12)9-2-5-11(15)6-3-9/h2-8,15H,1H3. The van der Waals surface area contributed by atoms with Gasteiger partial charge in [0.15, 0.2) is 0 Å². The van der Waals surface area contributed by atoms with Crippen molar-refractivity contribution in [3.63, 3.8) is 0 Å². The summed E-state index contributed by atoms with van der Waals surface area (Å²) in [5, 5.41) is 0. The minimum atomic E-state index is 0.629. The zero-order valence-electron chi connectivity index (χ0n) is 8.34. The Kier molecular flexibility index (Phi) is 2.92. The third kappa shape index (κ3) is 2.30. The van der Waals surface area contributed by atoms with Gasteiger partial charge in [0, 0.05) is 22.7 Å². The van der Waals surface area contributed by atoms with Crippen LogP contribution in [0.15, 0.2) is 47.5 Å². The number of methoxy groups -OCH3 is 1. The summed E-state index contributed by atoms with van der Waals surface area (Å²) in [6.07, 6.45) is 1.80. The van der Waals surface area contributed by atoms with Gasteiger partial charge in [0.25, 0.3) is 0 Å². The van der Waals surface area contributed by atoms with Crippen LogP contribution < -0.4 is 4.74 Å². The first-order chi connectivity index (χ1) is 7.29. The van der Waals surface area contributed by atoms with E-state index in [4.69, 9.17) is 4.74 Å². The van der Waals surface area contributed by atoms with E-state index in [0.717, 1.165) is 16.0 Å². The minimum absolute atomic E-state index is 0.629. The van der Waals surface area contributed by atoms with Gasteiger partial charge in [0.05, 0.1) is 7.11 Å². The highest BCUT2D eigenvalue weighted by Crippen LogP contribution is 2.21. The van der Waals surface area contributed by atoms with Crippen molar-refractivity contribution < 1.29 is 4.74 Å². The average molecular weight is 217 g/mol. The highest BCUT2D eigenvalue weighted by atomic mass is 32.1. The zero-order chi connectivity index (χ0) is 10.7. The first kappa shape index (κ1) is 10.1. The highest BCUT2D eigenvalue weighted by molar-refractivity contribution is 7.80. The maximum atomic E-state index is 5.00. The van der Waals surface area contributed by atoms with Gasteiger partial charge in [-0.15, -0.1) is 12.6 Å². The normalized spacial score (nSPS) is 10.0. The molecule has 1 aromatic heterocycles. The van der Waals surface area contributed by atoms with Crippen LogP contribution in [0.4, 0.5) is 0 Å². The van der Waals surface area contributed by atoms with Crippen LogP contribution >= 0.6 is 12.6 Å². The molecule has 1 aromatic carbocycles. The molecule has 0 fully saturated rings. The first-order valence-corrected chi connectivity index (χ1v) is 5.04. The SMILES string of the molecule is COc1ccc(-c2ccc(S)cc2)cn1. The van der Waals surface area contributed by atoms with Gasteiger partial charge in [-0.25, -0.2) is 4.98 Å². The molecule has 0 aliphatic heterocycles. The summed E-state index contributed by atoms with van der Waals surface area (Å²) in [5.74, 6) is 0.629. The van der Waals surface area contributed by atoms with E-state index in [0.29, 0.717) is 5.88 Å². The monoisotopic (exact) mass is 217 g/mol. The number of hydrogen-bond donors (Lipinski definition) is 1. The molecule has 1 heterocycles. The largest absolute Gasteiger partial charge is 0.481 e. The number of benzene rings is 1. The van der Waals surface area contributed by atoms with Gasteiger partial charge in [-0.2, -0.15) is 0 Å². The molecule has 76 valence electrons. The van der Waals surface area contributed by atoms with E-state index in [1.54, 1.807) is 13.3 Å². The zero-order valence-corrected chi connectivity index (χ0v) is 9.24. The molecule has 0 unspecified atom stereocenters. The molecule has 0 aliphatic rings.